The largest absolute Gasteiger partial charge is 0.342 e. The van der Waals surface area contributed by atoms with Gasteiger partial charge in [-0.05, 0) is 30.9 Å². The lowest BCUT2D eigenvalue weighted by Gasteiger charge is -2.15. The summed E-state index contributed by atoms with van der Waals surface area (Å²) < 4.78 is 0. The Labute approximate surface area is 103 Å². The molecule has 2 heteroatoms. The van der Waals surface area contributed by atoms with Gasteiger partial charge in [0.1, 0.15) is 0 Å². The maximum atomic E-state index is 11.8. The van der Waals surface area contributed by atoms with Crippen LogP contribution in [-0.4, -0.2) is 24.4 Å². The van der Waals surface area contributed by atoms with E-state index in [4.69, 9.17) is 0 Å². The molecule has 0 saturated heterocycles. The molecule has 0 bridgehead atoms. The molecule has 17 heavy (non-hydrogen) atoms. The van der Waals surface area contributed by atoms with Gasteiger partial charge in [0, 0.05) is 19.5 Å². The third kappa shape index (κ3) is 3.19. The first-order valence-corrected chi connectivity index (χ1v) is 6.15. The van der Waals surface area contributed by atoms with Gasteiger partial charge in [0.2, 0.25) is 5.91 Å². The molecule has 2 nitrogen and oxygen atoms in total. The summed E-state index contributed by atoms with van der Waals surface area (Å²) in [5.41, 5.74) is 2.45. The highest BCUT2D eigenvalue weighted by Gasteiger charge is 2.31. The van der Waals surface area contributed by atoms with E-state index in [1.807, 2.05) is 30.1 Å². The Balaban J connectivity index is 1.93. The van der Waals surface area contributed by atoms with E-state index in [1.165, 1.54) is 11.1 Å². The number of rotatable bonds is 4. The number of nitrogens with zero attached hydrogens (tertiary/aromatic N) is 1. The highest BCUT2D eigenvalue weighted by Crippen LogP contribution is 2.30. The summed E-state index contributed by atoms with van der Waals surface area (Å²) in [5.74, 6) is 0.604. The first kappa shape index (κ1) is 11.9. The van der Waals surface area contributed by atoms with Gasteiger partial charge in [-0.1, -0.05) is 36.4 Å². The normalized spacial score (nSPS) is 15.8. The molecule has 0 spiro atoms. The first-order chi connectivity index (χ1) is 8.18. The lowest BCUT2D eigenvalue weighted by Crippen LogP contribution is -2.28. The molecular formula is C15H19NO. The number of hydrogen-bond acceptors (Lipinski definition) is 1. The Morgan fingerprint density at radius 2 is 2.00 bits per heavy atom. The second-order valence-electron chi connectivity index (χ2n) is 4.75. The molecular weight excluding hydrogens is 210 g/mol. The average molecular weight is 229 g/mol. The molecule has 90 valence electrons. The fraction of sp³-hybridized carbons (Fsp3) is 0.400. The van der Waals surface area contributed by atoms with E-state index in [1.54, 1.807) is 0 Å². The number of likely N-dealkylation sites (N-methyl/N-ethyl adjacent to an activating group) is 1. The Bertz CT molecular complexity index is 418. The summed E-state index contributed by atoms with van der Waals surface area (Å²) in [5, 5.41) is 0. The van der Waals surface area contributed by atoms with Crippen LogP contribution in [0.2, 0.25) is 0 Å². The number of carbonyl (C=O) groups is 1. The Morgan fingerprint density at radius 3 is 2.59 bits per heavy atom. The summed E-state index contributed by atoms with van der Waals surface area (Å²) in [4.78, 5) is 13.6. The summed E-state index contributed by atoms with van der Waals surface area (Å²) in [6, 6.07) is 10.3. The lowest BCUT2D eigenvalue weighted by molar-refractivity contribution is -0.130. The lowest BCUT2D eigenvalue weighted by atomic mass is 10.1. The van der Waals surface area contributed by atoms with Crippen molar-refractivity contribution in [1.82, 2.24) is 4.90 Å². The second-order valence-corrected chi connectivity index (χ2v) is 4.75. The number of carbonyl (C=O) groups excluding carboxylic acids is 1. The van der Waals surface area contributed by atoms with E-state index in [0.29, 0.717) is 18.4 Å². The minimum Gasteiger partial charge on any atom is -0.342 e. The maximum absolute atomic E-state index is 11.8. The molecule has 1 saturated carbocycles. The highest BCUT2D eigenvalue weighted by atomic mass is 16.2. The Morgan fingerprint density at radius 1 is 1.35 bits per heavy atom. The van der Waals surface area contributed by atoms with Gasteiger partial charge in [0.25, 0.3) is 0 Å². The van der Waals surface area contributed by atoms with E-state index in [-0.39, 0.29) is 0 Å². The van der Waals surface area contributed by atoms with Gasteiger partial charge < -0.3 is 4.90 Å². The van der Waals surface area contributed by atoms with Crippen molar-refractivity contribution in [3.8, 4) is 0 Å². The third-order valence-electron chi connectivity index (χ3n) is 3.20. The van der Waals surface area contributed by atoms with Crippen molar-refractivity contribution >= 4 is 11.5 Å². The van der Waals surface area contributed by atoms with Crippen LogP contribution in [0.25, 0.3) is 5.57 Å². The zero-order valence-electron chi connectivity index (χ0n) is 10.5. The molecule has 0 N–H and O–H groups in total. The molecule has 1 fully saturated rings. The van der Waals surface area contributed by atoms with Gasteiger partial charge in [-0.25, -0.2) is 0 Å². The fourth-order valence-corrected chi connectivity index (χ4v) is 1.82. The molecule has 0 aromatic heterocycles. The third-order valence-corrected chi connectivity index (χ3v) is 3.20. The smallest absolute Gasteiger partial charge is 0.225 e. The van der Waals surface area contributed by atoms with E-state index < -0.39 is 0 Å². The quantitative estimate of drug-likeness (QED) is 0.777. The average Bonchev–Trinajstić information content (AvgIpc) is 3.20. The van der Waals surface area contributed by atoms with Crippen LogP contribution in [0.1, 0.15) is 25.3 Å². The van der Waals surface area contributed by atoms with Gasteiger partial charge >= 0.3 is 0 Å². The molecule has 1 aliphatic rings. The standard InChI is InChI=1S/C15H19NO/c1-12(13-6-4-3-5-7-13)10-11-16(2)15(17)14-8-9-14/h3-7,10,14H,8-9,11H2,1-2H3. The minimum atomic E-state index is 0.294. The van der Waals surface area contributed by atoms with E-state index >= 15 is 0 Å². The van der Waals surface area contributed by atoms with E-state index in [2.05, 4.69) is 25.1 Å². The van der Waals surface area contributed by atoms with Crippen LogP contribution in [0.15, 0.2) is 36.4 Å². The summed E-state index contributed by atoms with van der Waals surface area (Å²) in [6.07, 6.45) is 4.27. The van der Waals surface area contributed by atoms with Crippen molar-refractivity contribution in [2.24, 2.45) is 5.92 Å². The minimum absolute atomic E-state index is 0.294. The van der Waals surface area contributed by atoms with Gasteiger partial charge in [-0.15, -0.1) is 0 Å². The van der Waals surface area contributed by atoms with Crippen molar-refractivity contribution in [1.29, 1.82) is 0 Å². The number of allylic oxidation sites excluding steroid dienone is 1. The number of amides is 1. The summed E-state index contributed by atoms with van der Waals surface area (Å²) in [7, 11) is 1.88. The highest BCUT2D eigenvalue weighted by molar-refractivity contribution is 5.81. The maximum Gasteiger partial charge on any atom is 0.225 e. The van der Waals surface area contributed by atoms with Gasteiger partial charge in [-0.3, -0.25) is 4.79 Å². The van der Waals surface area contributed by atoms with Crippen molar-refractivity contribution in [2.75, 3.05) is 13.6 Å². The van der Waals surface area contributed by atoms with Crippen LogP contribution in [0.3, 0.4) is 0 Å². The summed E-state index contributed by atoms with van der Waals surface area (Å²) in [6.45, 7) is 2.79. The molecule has 0 heterocycles. The first-order valence-electron chi connectivity index (χ1n) is 6.15. The second kappa shape index (κ2) is 5.17. The predicted octanol–water partition coefficient (Wildman–Crippen LogP) is 2.96. The van der Waals surface area contributed by atoms with Crippen molar-refractivity contribution < 1.29 is 4.79 Å². The van der Waals surface area contributed by atoms with Crippen molar-refractivity contribution in [2.45, 2.75) is 19.8 Å². The molecule has 2 rings (SSSR count). The van der Waals surface area contributed by atoms with Crippen LogP contribution in [0, 0.1) is 5.92 Å². The monoisotopic (exact) mass is 229 g/mol. The molecule has 1 aliphatic carbocycles. The van der Waals surface area contributed by atoms with Crippen molar-refractivity contribution in [3.63, 3.8) is 0 Å². The molecule has 0 atom stereocenters. The van der Waals surface area contributed by atoms with Gasteiger partial charge in [-0.2, -0.15) is 0 Å². The zero-order valence-corrected chi connectivity index (χ0v) is 10.5. The van der Waals surface area contributed by atoms with Gasteiger partial charge in [0.15, 0.2) is 0 Å². The summed E-state index contributed by atoms with van der Waals surface area (Å²) >= 11 is 0. The predicted molar refractivity (Wildman–Crippen MR) is 70.5 cm³/mol. The van der Waals surface area contributed by atoms with Crippen LogP contribution < -0.4 is 0 Å². The zero-order chi connectivity index (χ0) is 12.3. The molecule has 0 aliphatic heterocycles. The fourth-order valence-electron chi connectivity index (χ4n) is 1.82. The molecule has 1 amide bonds. The SMILES string of the molecule is CC(=CCN(C)C(=O)C1CC1)c1ccccc1. The Kier molecular flexibility index (Phi) is 3.62. The van der Waals surface area contributed by atoms with Crippen LogP contribution in [0.4, 0.5) is 0 Å². The molecule has 1 aromatic carbocycles. The topological polar surface area (TPSA) is 20.3 Å². The van der Waals surface area contributed by atoms with Gasteiger partial charge in [0.05, 0.1) is 0 Å². The number of benzene rings is 1. The molecule has 0 unspecified atom stereocenters. The Hall–Kier alpha value is -1.57. The van der Waals surface area contributed by atoms with Crippen LogP contribution in [-0.2, 0) is 4.79 Å². The van der Waals surface area contributed by atoms with E-state index in [9.17, 15) is 4.79 Å². The number of hydrogen-bond donors (Lipinski definition) is 0. The molecule has 0 radical (unpaired) electrons. The van der Waals surface area contributed by atoms with Crippen LogP contribution in [0.5, 0.6) is 0 Å². The van der Waals surface area contributed by atoms with Crippen molar-refractivity contribution in [3.05, 3.63) is 42.0 Å². The van der Waals surface area contributed by atoms with E-state index in [0.717, 1.165) is 12.8 Å². The molecule has 1 aromatic rings. The van der Waals surface area contributed by atoms with Crippen LogP contribution >= 0.6 is 0 Å².